The van der Waals surface area contributed by atoms with Crippen molar-refractivity contribution >= 4 is 27.5 Å². The highest BCUT2D eigenvalue weighted by atomic mass is 32.2. The van der Waals surface area contributed by atoms with Crippen LogP contribution < -0.4 is 19.7 Å². The number of hydrogen-bond acceptors (Lipinski definition) is 5. The van der Waals surface area contributed by atoms with E-state index in [2.05, 4.69) is 31.6 Å². The average molecular weight is 369 g/mol. The average Bonchev–Trinajstić information content (AvgIpc) is 2.54. The molecule has 25 heavy (non-hydrogen) atoms. The van der Waals surface area contributed by atoms with E-state index >= 15 is 0 Å². The number of nitrogens with one attached hydrogen (secondary N) is 3. The van der Waals surface area contributed by atoms with E-state index < -0.39 is 16.1 Å². The Morgan fingerprint density at radius 2 is 1.72 bits per heavy atom. The van der Waals surface area contributed by atoms with E-state index in [1.54, 1.807) is 13.8 Å². The van der Waals surface area contributed by atoms with Gasteiger partial charge in [-0.15, -0.1) is 0 Å². The minimum absolute atomic E-state index is 0.234. The summed E-state index contributed by atoms with van der Waals surface area (Å²) < 4.78 is 27.8. The molecule has 140 valence electrons. The number of amides is 1. The van der Waals surface area contributed by atoms with Crippen molar-refractivity contribution in [2.75, 3.05) is 50.0 Å². The Balaban J connectivity index is 1.83. The molecule has 1 aliphatic heterocycles. The third-order valence-electron chi connectivity index (χ3n) is 3.83. The van der Waals surface area contributed by atoms with Crippen molar-refractivity contribution in [2.45, 2.75) is 19.9 Å². The van der Waals surface area contributed by atoms with Crippen LogP contribution in [0.5, 0.6) is 0 Å². The summed E-state index contributed by atoms with van der Waals surface area (Å²) in [7, 11) is -1.55. The maximum absolute atomic E-state index is 11.9. The maximum Gasteiger partial charge on any atom is 0.277 e. The lowest BCUT2D eigenvalue weighted by Gasteiger charge is -2.34. The number of likely N-dealkylation sites (N-methyl/N-ethyl adjacent to an activating group) is 1. The molecule has 2 rings (SSSR count). The van der Waals surface area contributed by atoms with Crippen LogP contribution in [0.1, 0.15) is 13.8 Å². The van der Waals surface area contributed by atoms with Crippen molar-refractivity contribution < 1.29 is 13.2 Å². The molecule has 1 heterocycles. The van der Waals surface area contributed by atoms with Crippen LogP contribution in [0.4, 0.5) is 11.4 Å². The van der Waals surface area contributed by atoms with E-state index in [1.807, 2.05) is 24.3 Å². The summed E-state index contributed by atoms with van der Waals surface area (Å²) in [4.78, 5) is 16.5. The van der Waals surface area contributed by atoms with E-state index in [9.17, 15) is 13.2 Å². The Kier molecular flexibility index (Phi) is 6.77. The first-order valence-corrected chi connectivity index (χ1v) is 9.84. The van der Waals surface area contributed by atoms with Crippen LogP contribution in [-0.4, -0.2) is 65.0 Å². The number of carbonyl (C=O) groups is 1. The van der Waals surface area contributed by atoms with Crippen molar-refractivity contribution in [3.05, 3.63) is 24.3 Å². The topological polar surface area (TPSA) is 93.8 Å². The van der Waals surface area contributed by atoms with Gasteiger partial charge in [-0.1, -0.05) is 0 Å². The predicted molar refractivity (Wildman–Crippen MR) is 100.0 cm³/mol. The molecule has 0 aromatic heterocycles. The van der Waals surface area contributed by atoms with Crippen LogP contribution >= 0.6 is 0 Å². The molecule has 1 aliphatic rings. The highest BCUT2D eigenvalue weighted by Crippen LogP contribution is 2.19. The third-order valence-corrected chi connectivity index (χ3v) is 5.14. The largest absolute Gasteiger partial charge is 0.369 e. The van der Waals surface area contributed by atoms with Crippen LogP contribution in [0.25, 0.3) is 0 Å². The van der Waals surface area contributed by atoms with Crippen LogP contribution in [0, 0.1) is 0 Å². The fourth-order valence-corrected chi connectivity index (χ4v) is 3.56. The van der Waals surface area contributed by atoms with Crippen LogP contribution in [0.2, 0.25) is 0 Å². The summed E-state index contributed by atoms with van der Waals surface area (Å²) in [6, 6.07) is 7.35. The molecule has 1 aromatic carbocycles. The second-order valence-corrected chi connectivity index (χ2v) is 8.01. The Morgan fingerprint density at radius 3 is 2.28 bits per heavy atom. The smallest absolute Gasteiger partial charge is 0.277 e. The Hall–Kier alpha value is -1.68. The van der Waals surface area contributed by atoms with Gasteiger partial charge in [0.15, 0.2) is 0 Å². The molecule has 0 unspecified atom stereocenters. The summed E-state index contributed by atoms with van der Waals surface area (Å²) in [6.07, 6.45) is 0. The number of piperazine rings is 1. The zero-order valence-corrected chi connectivity index (χ0v) is 15.8. The lowest BCUT2D eigenvalue weighted by molar-refractivity contribution is -0.115. The quantitative estimate of drug-likeness (QED) is 0.639. The molecule has 0 spiro atoms. The Bertz CT molecular complexity index is 668. The van der Waals surface area contributed by atoms with Gasteiger partial charge in [-0.05, 0) is 45.2 Å². The first-order chi connectivity index (χ1) is 11.7. The van der Waals surface area contributed by atoms with Crippen molar-refractivity contribution in [2.24, 2.45) is 0 Å². The summed E-state index contributed by atoms with van der Waals surface area (Å²) in [5.74, 6) is -0.415. The molecule has 0 radical (unpaired) electrons. The first-order valence-electron chi connectivity index (χ1n) is 8.35. The van der Waals surface area contributed by atoms with Crippen LogP contribution in [0.15, 0.2) is 24.3 Å². The molecule has 0 atom stereocenters. The second-order valence-electron chi connectivity index (χ2n) is 6.48. The van der Waals surface area contributed by atoms with Gasteiger partial charge in [0.1, 0.15) is 0 Å². The van der Waals surface area contributed by atoms with Gasteiger partial charge in [-0.3, -0.25) is 4.79 Å². The maximum atomic E-state index is 11.9. The van der Waals surface area contributed by atoms with Crippen molar-refractivity contribution in [1.82, 2.24) is 14.3 Å². The van der Waals surface area contributed by atoms with E-state index in [4.69, 9.17) is 0 Å². The monoisotopic (exact) mass is 369 g/mol. The minimum Gasteiger partial charge on any atom is -0.369 e. The van der Waals surface area contributed by atoms with Crippen LogP contribution in [-0.2, 0) is 15.0 Å². The molecule has 1 aromatic rings. The summed E-state index contributed by atoms with van der Waals surface area (Å²) >= 11 is 0. The number of nitrogens with zero attached hydrogens (tertiary/aromatic N) is 2. The third kappa shape index (κ3) is 6.62. The molecule has 0 aliphatic carbocycles. The van der Waals surface area contributed by atoms with E-state index in [0.29, 0.717) is 5.69 Å². The zero-order chi connectivity index (χ0) is 18.4. The SMILES string of the molecule is CC(C)NS(=O)(=O)NCC(=O)Nc1ccc(N2CCN(C)CC2)cc1. The van der Waals surface area contributed by atoms with Gasteiger partial charge < -0.3 is 15.1 Å². The van der Waals surface area contributed by atoms with Crippen LogP contribution in [0.3, 0.4) is 0 Å². The number of hydrogen-bond donors (Lipinski definition) is 3. The number of rotatable bonds is 7. The molecule has 0 bridgehead atoms. The van der Waals surface area contributed by atoms with Gasteiger partial charge in [-0.2, -0.15) is 17.9 Å². The first kappa shape index (κ1) is 19.6. The van der Waals surface area contributed by atoms with Gasteiger partial charge in [0.05, 0.1) is 6.54 Å². The molecule has 0 saturated carbocycles. The molecule has 3 N–H and O–H groups in total. The summed E-state index contributed by atoms with van der Waals surface area (Å²) in [6.45, 7) is 7.12. The highest BCUT2D eigenvalue weighted by molar-refractivity contribution is 7.87. The van der Waals surface area contributed by atoms with E-state index in [-0.39, 0.29) is 12.6 Å². The molecule has 1 saturated heterocycles. The molecular formula is C16H27N5O3S. The molecular weight excluding hydrogens is 342 g/mol. The van der Waals surface area contributed by atoms with Gasteiger partial charge in [0.2, 0.25) is 5.91 Å². The standard InChI is InChI=1S/C16H27N5O3S/c1-13(2)19-25(23,24)17-12-16(22)18-14-4-6-15(7-5-14)21-10-8-20(3)9-11-21/h4-7,13,17,19H,8-12H2,1-3H3,(H,18,22). The van der Waals surface area contributed by atoms with Gasteiger partial charge in [0, 0.05) is 43.6 Å². The molecule has 1 amide bonds. The number of anilines is 2. The lowest BCUT2D eigenvalue weighted by atomic mass is 10.2. The number of benzene rings is 1. The fourth-order valence-electron chi connectivity index (χ4n) is 2.54. The summed E-state index contributed by atoms with van der Waals surface area (Å²) in [5, 5.41) is 2.68. The Morgan fingerprint density at radius 1 is 1.12 bits per heavy atom. The molecule has 9 heteroatoms. The van der Waals surface area contributed by atoms with Crippen molar-refractivity contribution in [1.29, 1.82) is 0 Å². The lowest BCUT2D eigenvalue weighted by Crippen LogP contribution is -2.44. The second kappa shape index (κ2) is 8.61. The van der Waals surface area contributed by atoms with Gasteiger partial charge in [0.25, 0.3) is 10.2 Å². The Labute approximate surface area is 149 Å². The predicted octanol–water partition coefficient (Wildman–Crippen LogP) is 0.209. The molecule has 8 nitrogen and oxygen atoms in total. The van der Waals surface area contributed by atoms with Crippen molar-refractivity contribution in [3.8, 4) is 0 Å². The number of carbonyl (C=O) groups excluding carboxylic acids is 1. The normalized spacial score (nSPS) is 16.2. The highest BCUT2D eigenvalue weighted by Gasteiger charge is 2.15. The fraction of sp³-hybridized carbons (Fsp3) is 0.562. The van der Waals surface area contributed by atoms with Crippen molar-refractivity contribution in [3.63, 3.8) is 0 Å². The zero-order valence-electron chi connectivity index (χ0n) is 14.9. The van der Waals surface area contributed by atoms with Gasteiger partial charge >= 0.3 is 0 Å². The molecule has 1 fully saturated rings. The van der Waals surface area contributed by atoms with E-state index in [1.165, 1.54) is 0 Å². The summed E-state index contributed by atoms with van der Waals surface area (Å²) in [5.41, 5.74) is 1.76. The minimum atomic E-state index is -3.67. The van der Waals surface area contributed by atoms with Gasteiger partial charge in [-0.25, -0.2) is 0 Å². The van der Waals surface area contributed by atoms with E-state index in [0.717, 1.165) is 31.9 Å².